The van der Waals surface area contributed by atoms with Crippen LogP contribution in [0.2, 0.25) is 0 Å². The molecule has 0 aliphatic carbocycles. The number of carbonyl (C=O) groups is 2. The van der Waals surface area contributed by atoms with Crippen LogP contribution in [0.5, 0.6) is 0 Å². The molecular weight excluding hydrogens is 284 g/mol. The molecule has 0 bridgehead atoms. The Bertz CT molecular complexity index is 413. The third-order valence-corrected chi connectivity index (χ3v) is 3.21. The van der Waals surface area contributed by atoms with E-state index in [1.165, 1.54) is 4.90 Å². The lowest BCUT2D eigenvalue weighted by molar-refractivity contribution is -0.144. The zero-order valence-electron chi connectivity index (χ0n) is 9.36. The summed E-state index contributed by atoms with van der Waals surface area (Å²) in [5.74, 6) is -0.172. The molecule has 2 rings (SSSR count). The van der Waals surface area contributed by atoms with Crippen molar-refractivity contribution in [3.63, 3.8) is 0 Å². The smallest absolute Gasteiger partial charge is 0.229 e. The maximum Gasteiger partial charge on any atom is 0.229 e. The van der Waals surface area contributed by atoms with Gasteiger partial charge in [0.2, 0.25) is 11.8 Å². The predicted molar refractivity (Wildman–Crippen MR) is 66.0 cm³/mol. The van der Waals surface area contributed by atoms with Crippen molar-refractivity contribution in [3.05, 3.63) is 28.5 Å². The van der Waals surface area contributed by atoms with Crippen LogP contribution >= 0.6 is 15.9 Å². The second-order valence-electron chi connectivity index (χ2n) is 4.05. The van der Waals surface area contributed by atoms with Crippen molar-refractivity contribution >= 4 is 27.7 Å². The molecule has 5 heteroatoms. The van der Waals surface area contributed by atoms with Gasteiger partial charge in [-0.05, 0) is 40.9 Å². The number of amides is 2. The van der Waals surface area contributed by atoms with E-state index in [0.717, 1.165) is 23.0 Å². The van der Waals surface area contributed by atoms with Crippen molar-refractivity contribution in [3.8, 4) is 0 Å². The van der Waals surface area contributed by atoms with Gasteiger partial charge < -0.3 is 0 Å². The highest BCUT2D eigenvalue weighted by molar-refractivity contribution is 9.10. The zero-order chi connectivity index (χ0) is 12.3. The van der Waals surface area contributed by atoms with Gasteiger partial charge in [-0.25, -0.2) is 0 Å². The lowest BCUT2D eigenvalue weighted by atomic mass is 10.2. The van der Waals surface area contributed by atoms with E-state index >= 15 is 0 Å². The Kier molecular flexibility index (Phi) is 3.89. The molecule has 1 aliphatic heterocycles. The minimum absolute atomic E-state index is 0.0859. The Hall–Kier alpha value is -1.23. The van der Waals surface area contributed by atoms with Crippen molar-refractivity contribution in [2.45, 2.75) is 32.2 Å². The first-order valence-electron chi connectivity index (χ1n) is 5.60. The number of hydrogen-bond acceptors (Lipinski definition) is 3. The van der Waals surface area contributed by atoms with E-state index in [1.54, 1.807) is 6.20 Å². The van der Waals surface area contributed by atoms with Gasteiger partial charge >= 0.3 is 0 Å². The molecule has 2 amide bonds. The van der Waals surface area contributed by atoms with Crippen LogP contribution in [0.1, 0.15) is 31.4 Å². The average Bonchev–Trinajstić information content (AvgIpc) is 2.47. The number of pyridine rings is 1. The number of likely N-dealkylation sites (tertiary alicyclic amines) is 1. The van der Waals surface area contributed by atoms with E-state index in [-0.39, 0.29) is 18.4 Å². The van der Waals surface area contributed by atoms with Crippen LogP contribution in [-0.4, -0.2) is 21.7 Å². The molecule has 0 radical (unpaired) electrons. The van der Waals surface area contributed by atoms with Gasteiger partial charge in [0.15, 0.2) is 0 Å². The summed E-state index contributed by atoms with van der Waals surface area (Å²) in [6.07, 6.45) is 4.19. The van der Waals surface area contributed by atoms with Crippen LogP contribution in [0.4, 0.5) is 0 Å². The monoisotopic (exact) mass is 296 g/mol. The SMILES string of the molecule is O=C1CCCCC(=O)N1Cc1ccc(Br)cn1. The van der Waals surface area contributed by atoms with Crippen molar-refractivity contribution in [2.75, 3.05) is 0 Å². The molecule has 0 atom stereocenters. The summed E-state index contributed by atoms with van der Waals surface area (Å²) in [4.78, 5) is 29.0. The molecule has 1 aromatic heterocycles. The van der Waals surface area contributed by atoms with E-state index in [9.17, 15) is 9.59 Å². The summed E-state index contributed by atoms with van der Waals surface area (Å²) in [7, 11) is 0. The maximum absolute atomic E-state index is 11.8. The third-order valence-electron chi connectivity index (χ3n) is 2.74. The molecule has 1 fully saturated rings. The Balaban J connectivity index is 2.12. The first-order valence-corrected chi connectivity index (χ1v) is 6.40. The Morgan fingerprint density at radius 2 is 1.82 bits per heavy atom. The molecule has 0 spiro atoms. The molecule has 2 heterocycles. The number of imide groups is 1. The first kappa shape index (κ1) is 12.2. The highest BCUT2D eigenvalue weighted by atomic mass is 79.9. The molecule has 1 saturated heterocycles. The summed E-state index contributed by atoms with van der Waals surface area (Å²) < 4.78 is 0.884. The van der Waals surface area contributed by atoms with Gasteiger partial charge in [-0.15, -0.1) is 0 Å². The standard InChI is InChI=1S/C12H13BrN2O2/c13-9-5-6-10(14-7-9)8-15-11(16)3-1-2-4-12(15)17/h5-7H,1-4,8H2. The minimum Gasteiger partial charge on any atom is -0.277 e. The Morgan fingerprint density at radius 3 is 2.35 bits per heavy atom. The van der Waals surface area contributed by atoms with Crippen LogP contribution < -0.4 is 0 Å². The van der Waals surface area contributed by atoms with Gasteiger partial charge in [-0.2, -0.15) is 0 Å². The number of rotatable bonds is 2. The fraction of sp³-hybridized carbons (Fsp3) is 0.417. The van der Waals surface area contributed by atoms with E-state index in [1.807, 2.05) is 12.1 Å². The first-order chi connectivity index (χ1) is 8.16. The molecule has 1 aromatic rings. The number of halogens is 1. The molecule has 4 nitrogen and oxygen atoms in total. The molecule has 90 valence electrons. The molecular formula is C12H13BrN2O2. The highest BCUT2D eigenvalue weighted by Gasteiger charge is 2.24. The van der Waals surface area contributed by atoms with E-state index in [0.29, 0.717) is 12.8 Å². The molecule has 0 unspecified atom stereocenters. The molecule has 0 aromatic carbocycles. The third kappa shape index (κ3) is 3.12. The summed E-state index contributed by atoms with van der Waals surface area (Å²) >= 11 is 3.30. The van der Waals surface area contributed by atoms with Gasteiger partial charge in [0.1, 0.15) is 0 Å². The van der Waals surface area contributed by atoms with E-state index < -0.39 is 0 Å². The van der Waals surface area contributed by atoms with Crippen LogP contribution in [0, 0.1) is 0 Å². The second kappa shape index (κ2) is 5.40. The average molecular weight is 297 g/mol. The van der Waals surface area contributed by atoms with Crippen molar-refractivity contribution in [2.24, 2.45) is 0 Å². The van der Waals surface area contributed by atoms with Crippen LogP contribution in [-0.2, 0) is 16.1 Å². The van der Waals surface area contributed by atoms with E-state index in [2.05, 4.69) is 20.9 Å². The normalized spacial score (nSPS) is 17.1. The van der Waals surface area contributed by atoms with Gasteiger partial charge in [-0.3, -0.25) is 19.5 Å². The van der Waals surface area contributed by atoms with Crippen LogP contribution in [0.25, 0.3) is 0 Å². The van der Waals surface area contributed by atoms with Crippen molar-refractivity contribution in [1.29, 1.82) is 0 Å². The van der Waals surface area contributed by atoms with Crippen molar-refractivity contribution < 1.29 is 9.59 Å². The Morgan fingerprint density at radius 1 is 1.18 bits per heavy atom. The summed E-state index contributed by atoms with van der Waals surface area (Å²) in [6, 6.07) is 3.67. The molecule has 0 saturated carbocycles. The number of aromatic nitrogens is 1. The maximum atomic E-state index is 11.8. The summed E-state index contributed by atoms with van der Waals surface area (Å²) in [5, 5.41) is 0. The van der Waals surface area contributed by atoms with Gasteiger partial charge in [0, 0.05) is 23.5 Å². The van der Waals surface area contributed by atoms with Crippen LogP contribution in [0.3, 0.4) is 0 Å². The lowest BCUT2D eigenvalue weighted by Gasteiger charge is -2.17. The largest absolute Gasteiger partial charge is 0.277 e. The second-order valence-corrected chi connectivity index (χ2v) is 4.96. The topological polar surface area (TPSA) is 50.3 Å². The minimum atomic E-state index is -0.0859. The summed E-state index contributed by atoms with van der Waals surface area (Å²) in [5.41, 5.74) is 0.733. The number of nitrogens with zero attached hydrogens (tertiary/aromatic N) is 2. The van der Waals surface area contributed by atoms with Crippen molar-refractivity contribution in [1.82, 2.24) is 9.88 Å². The van der Waals surface area contributed by atoms with E-state index in [4.69, 9.17) is 0 Å². The fourth-order valence-electron chi connectivity index (χ4n) is 1.80. The number of carbonyl (C=O) groups excluding carboxylic acids is 2. The Labute approximate surface area is 108 Å². The molecule has 17 heavy (non-hydrogen) atoms. The van der Waals surface area contributed by atoms with Crippen LogP contribution in [0.15, 0.2) is 22.8 Å². The van der Waals surface area contributed by atoms with Gasteiger partial charge in [0.25, 0.3) is 0 Å². The van der Waals surface area contributed by atoms with Gasteiger partial charge in [0.05, 0.1) is 12.2 Å². The zero-order valence-corrected chi connectivity index (χ0v) is 10.9. The quantitative estimate of drug-likeness (QED) is 0.787. The summed E-state index contributed by atoms with van der Waals surface area (Å²) in [6.45, 7) is 0.283. The predicted octanol–water partition coefficient (Wildman–Crippen LogP) is 2.27. The molecule has 0 N–H and O–H groups in total. The van der Waals surface area contributed by atoms with Gasteiger partial charge in [-0.1, -0.05) is 0 Å². The highest BCUT2D eigenvalue weighted by Crippen LogP contribution is 2.16. The fourth-order valence-corrected chi connectivity index (χ4v) is 2.03. The number of hydrogen-bond donors (Lipinski definition) is 0. The lowest BCUT2D eigenvalue weighted by Crippen LogP contribution is -2.34. The molecule has 1 aliphatic rings.